The van der Waals surface area contributed by atoms with Gasteiger partial charge in [-0.25, -0.2) is 0 Å². The SMILES string of the molecule is Cc1cc(C(N)C2CCOC3(CCOCC3)C2)ccn1. The Kier molecular flexibility index (Phi) is 4.06. The Morgan fingerprint density at radius 2 is 2.15 bits per heavy atom. The van der Waals surface area contributed by atoms with Crippen molar-refractivity contribution in [1.29, 1.82) is 0 Å². The summed E-state index contributed by atoms with van der Waals surface area (Å²) in [5.41, 5.74) is 8.76. The van der Waals surface area contributed by atoms with Crippen LogP contribution in [0.4, 0.5) is 0 Å². The molecule has 0 saturated carbocycles. The van der Waals surface area contributed by atoms with E-state index in [0.29, 0.717) is 5.92 Å². The lowest BCUT2D eigenvalue weighted by Gasteiger charge is -2.44. The number of hydrogen-bond acceptors (Lipinski definition) is 4. The van der Waals surface area contributed by atoms with Gasteiger partial charge in [-0.05, 0) is 56.2 Å². The standard InChI is InChI=1S/C16H24N2O2/c1-12-10-13(2-6-18-12)15(17)14-3-7-20-16(11-14)4-8-19-9-5-16/h2,6,10,14-15H,3-5,7-9,11,17H2,1H3. The molecule has 2 aliphatic rings. The summed E-state index contributed by atoms with van der Waals surface area (Å²) in [7, 11) is 0. The maximum atomic E-state index is 6.51. The van der Waals surface area contributed by atoms with Crippen LogP contribution >= 0.6 is 0 Å². The van der Waals surface area contributed by atoms with Gasteiger partial charge in [0.1, 0.15) is 0 Å². The first-order valence-corrected chi connectivity index (χ1v) is 7.58. The number of nitrogens with two attached hydrogens (primary N) is 1. The van der Waals surface area contributed by atoms with E-state index in [0.717, 1.165) is 51.2 Å². The van der Waals surface area contributed by atoms with Gasteiger partial charge in [0.05, 0.1) is 5.60 Å². The van der Waals surface area contributed by atoms with Crippen LogP contribution in [0.3, 0.4) is 0 Å². The van der Waals surface area contributed by atoms with Crippen LogP contribution in [0.25, 0.3) is 0 Å². The molecule has 3 heterocycles. The highest BCUT2D eigenvalue weighted by molar-refractivity contribution is 5.20. The second kappa shape index (κ2) is 5.80. The lowest BCUT2D eigenvalue weighted by Crippen LogP contribution is -2.46. The maximum Gasteiger partial charge on any atom is 0.0729 e. The van der Waals surface area contributed by atoms with E-state index < -0.39 is 0 Å². The number of rotatable bonds is 2. The molecule has 0 amide bonds. The maximum absolute atomic E-state index is 6.51. The number of pyridine rings is 1. The molecule has 1 aromatic heterocycles. The topological polar surface area (TPSA) is 57.4 Å². The van der Waals surface area contributed by atoms with Crippen molar-refractivity contribution < 1.29 is 9.47 Å². The van der Waals surface area contributed by atoms with Crippen molar-refractivity contribution in [1.82, 2.24) is 4.98 Å². The summed E-state index contributed by atoms with van der Waals surface area (Å²) in [6.45, 7) is 4.47. The summed E-state index contributed by atoms with van der Waals surface area (Å²) in [6.07, 6.45) is 5.97. The van der Waals surface area contributed by atoms with Crippen molar-refractivity contribution in [3.8, 4) is 0 Å². The second-order valence-electron chi connectivity index (χ2n) is 6.15. The molecule has 3 rings (SSSR count). The second-order valence-corrected chi connectivity index (χ2v) is 6.15. The number of nitrogens with zero attached hydrogens (tertiary/aromatic N) is 1. The van der Waals surface area contributed by atoms with E-state index in [1.165, 1.54) is 5.56 Å². The molecule has 0 radical (unpaired) electrons. The molecule has 0 aromatic carbocycles. The molecule has 1 spiro atoms. The third-order valence-corrected chi connectivity index (χ3v) is 4.75. The first-order chi connectivity index (χ1) is 9.69. The molecule has 2 atom stereocenters. The van der Waals surface area contributed by atoms with Crippen molar-refractivity contribution >= 4 is 0 Å². The number of hydrogen-bond donors (Lipinski definition) is 1. The first-order valence-electron chi connectivity index (χ1n) is 7.58. The van der Waals surface area contributed by atoms with E-state index in [1.54, 1.807) is 0 Å². The van der Waals surface area contributed by atoms with Gasteiger partial charge < -0.3 is 15.2 Å². The van der Waals surface area contributed by atoms with Crippen LogP contribution in [-0.4, -0.2) is 30.4 Å². The van der Waals surface area contributed by atoms with Crippen LogP contribution in [-0.2, 0) is 9.47 Å². The van der Waals surface area contributed by atoms with Crippen LogP contribution in [0.5, 0.6) is 0 Å². The minimum Gasteiger partial charge on any atom is -0.381 e. The van der Waals surface area contributed by atoms with Crippen molar-refractivity contribution in [2.45, 2.75) is 44.2 Å². The quantitative estimate of drug-likeness (QED) is 0.901. The van der Waals surface area contributed by atoms with E-state index in [2.05, 4.69) is 11.1 Å². The van der Waals surface area contributed by atoms with E-state index >= 15 is 0 Å². The zero-order valence-electron chi connectivity index (χ0n) is 12.2. The fourth-order valence-corrected chi connectivity index (χ4v) is 3.51. The minimum absolute atomic E-state index is 0.0147. The van der Waals surface area contributed by atoms with Crippen molar-refractivity contribution in [2.24, 2.45) is 11.7 Å². The number of ether oxygens (including phenoxy) is 2. The van der Waals surface area contributed by atoms with Gasteiger partial charge in [0.15, 0.2) is 0 Å². The lowest BCUT2D eigenvalue weighted by molar-refractivity contribution is -0.149. The van der Waals surface area contributed by atoms with Gasteiger partial charge in [0.2, 0.25) is 0 Å². The first kappa shape index (κ1) is 14.0. The van der Waals surface area contributed by atoms with Gasteiger partial charge >= 0.3 is 0 Å². The molecule has 0 aliphatic carbocycles. The summed E-state index contributed by atoms with van der Waals surface area (Å²) in [5.74, 6) is 0.489. The molecule has 4 heteroatoms. The van der Waals surface area contributed by atoms with Crippen LogP contribution < -0.4 is 5.73 Å². The lowest BCUT2D eigenvalue weighted by atomic mass is 9.76. The number of aryl methyl sites for hydroxylation is 1. The molecule has 2 fully saturated rings. The van der Waals surface area contributed by atoms with Crippen LogP contribution in [0.2, 0.25) is 0 Å². The van der Waals surface area contributed by atoms with Crippen LogP contribution in [0.15, 0.2) is 18.3 Å². The third kappa shape index (κ3) is 2.87. The van der Waals surface area contributed by atoms with Gasteiger partial charge in [0.25, 0.3) is 0 Å². The molecule has 2 saturated heterocycles. The predicted molar refractivity (Wildman–Crippen MR) is 77.4 cm³/mol. The van der Waals surface area contributed by atoms with E-state index in [4.69, 9.17) is 15.2 Å². The summed E-state index contributed by atoms with van der Waals surface area (Å²) < 4.78 is 11.6. The fraction of sp³-hybridized carbons (Fsp3) is 0.688. The Morgan fingerprint density at radius 3 is 2.90 bits per heavy atom. The predicted octanol–water partition coefficient (Wildman–Crippen LogP) is 2.37. The molecule has 2 unspecified atom stereocenters. The summed E-state index contributed by atoms with van der Waals surface area (Å²) >= 11 is 0. The molecule has 0 bridgehead atoms. The van der Waals surface area contributed by atoms with E-state index in [9.17, 15) is 0 Å². The zero-order chi connectivity index (χ0) is 14.0. The van der Waals surface area contributed by atoms with E-state index in [1.807, 2.05) is 19.2 Å². The molecule has 110 valence electrons. The van der Waals surface area contributed by atoms with Crippen LogP contribution in [0, 0.1) is 12.8 Å². The van der Waals surface area contributed by atoms with Crippen LogP contribution in [0.1, 0.15) is 43.0 Å². The summed E-state index contributed by atoms with van der Waals surface area (Å²) in [4.78, 5) is 4.25. The normalized spacial score (nSPS) is 27.4. The average molecular weight is 276 g/mol. The monoisotopic (exact) mass is 276 g/mol. The molecule has 20 heavy (non-hydrogen) atoms. The Labute approximate surface area is 120 Å². The van der Waals surface area contributed by atoms with Crippen molar-refractivity contribution in [3.05, 3.63) is 29.6 Å². The Bertz CT molecular complexity index is 452. The van der Waals surface area contributed by atoms with E-state index in [-0.39, 0.29) is 11.6 Å². The Morgan fingerprint density at radius 1 is 1.35 bits per heavy atom. The largest absolute Gasteiger partial charge is 0.381 e. The molecule has 4 nitrogen and oxygen atoms in total. The van der Waals surface area contributed by atoms with Gasteiger partial charge in [-0.2, -0.15) is 0 Å². The molecular formula is C16H24N2O2. The smallest absolute Gasteiger partial charge is 0.0729 e. The number of aromatic nitrogens is 1. The molecular weight excluding hydrogens is 252 g/mol. The average Bonchev–Trinajstić information content (AvgIpc) is 2.47. The molecule has 2 N–H and O–H groups in total. The van der Waals surface area contributed by atoms with Gasteiger partial charge in [-0.15, -0.1) is 0 Å². The van der Waals surface area contributed by atoms with Crippen molar-refractivity contribution in [3.63, 3.8) is 0 Å². The van der Waals surface area contributed by atoms with Gasteiger partial charge in [0, 0.05) is 37.8 Å². The highest BCUT2D eigenvalue weighted by Crippen LogP contribution is 2.41. The molecule has 2 aliphatic heterocycles. The zero-order valence-corrected chi connectivity index (χ0v) is 12.2. The fourth-order valence-electron chi connectivity index (χ4n) is 3.51. The highest BCUT2D eigenvalue weighted by atomic mass is 16.5. The summed E-state index contributed by atoms with van der Waals surface area (Å²) in [6, 6.07) is 4.24. The van der Waals surface area contributed by atoms with Gasteiger partial charge in [-0.3, -0.25) is 4.98 Å². The molecule has 1 aromatic rings. The highest BCUT2D eigenvalue weighted by Gasteiger charge is 2.40. The van der Waals surface area contributed by atoms with Gasteiger partial charge in [-0.1, -0.05) is 0 Å². The Hall–Kier alpha value is -0.970. The third-order valence-electron chi connectivity index (χ3n) is 4.75. The summed E-state index contributed by atoms with van der Waals surface area (Å²) in [5, 5.41) is 0. The van der Waals surface area contributed by atoms with Crippen molar-refractivity contribution in [2.75, 3.05) is 19.8 Å². The Balaban J connectivity index is 1.73. The minimum atomic E-state index is 0.0147.